The Morgan fingerprint density at radius 2 is 1.91 bits per heavy atom. The number of amides is 1. The molecule has 0 bridgehead atoms. The molecule has 1 atom stereocenters. The van der Waals surface area contributed by atoms with Crippen LogP contribution in [0.2, 0.25) is 0 Å². The number of ketones is 1. The SMILES string of the molecule is CNC(Oc1cccn2cc(C)nc12)(C(=O)CNC(=O)CNCc1ccco1)c1ccccc1. The Balaban J connectivity index is 1.52. The van der Waals surface area contributed by atoms with Gasteiger partial charge in [0, 0.05) is 18.0 Å². The number of carbonyl (C=O) groups is 2. The molecule has 0 saturated heterocycles. The maximum atomic E-state index is 13.5. The Bertz CT molecular complexity index is 1250. The van der Waals surface area contributed by atoms with Gasteiger partial charge in [-0.1, -0.05) is 30.3 Å². The predicted octanol–water partition coefficient (Wildman–Crippen LogP) is 2.16. The Morgan fingerprint density at radius 1 is 1.09 bits per heavy atom. The van der Waals surface area contributed by atoms with E-state index in [0.717, 1.165) is 11.5 Å². The van der Waals surface area contributed by atoms with Crippen molar-refractivity contribution in [2.24, 2.45) is 0 Å². The standard InChI is InChI=1S/C25H27N5O4/c1-18-17-30-12-6-11-21(24(30)29-18)34-25(26-2,19-8-4-3-5-9-19)22(31)15-28-23(32)16-27-14-20-10-7-13-33-20/h3-13,17,26-27H,14-16H2,1-2H3,(H,28,32). The minimum Gasteiger partial charge on any atom is -0.468 e. The van der Waals surface area contributed by atoms with Crippen molar-refractivity contribution in [3.63, 3.8) is 0 Å². The van der Waals surface area contributed by atoms with E-state index in [4.69, 9.17) is 9.15 Å². The lowest BCUT2D eigenvalue weighted by molar-refractivity contribution is -0.138. The van der Waals surface area contributed by atoms with Crippen LogP contribution < -0.4 is 20.7 Å². The maximum Gasteiger partial charge on any atom is 0.248 e. The number of Topliss-reactive ketones (excluding diaryl/α,β-unsaturated/α-hetero) is 1. The molecule has 3 N–H and O–H groups in total. The molecular formula is C25H27N5O4. The molecule has 176 valence electrons. The number of pyridine rings is 1. The largest absolute Gasteiger partial charge is 0.468 e. The quantitative estimate of drug-likeness (QED) is 0.294. The van der Waals surface area contributed by atoms with Gasteiger partial charge in [-0.2, -0.15) is 0 Å². The molecule has 4 aromatic rings. The molecule has 34 heavy (non-hydrogen) atoms. The lowest BCUT2D eigenvalue weighted by Crippen LogP contribution is -2.56. The van der Waals surface area contributed by atoms with Crippen LogP contribution in [0.5, 0.6) is 5.75 Å². The zero-order valence-electron chi connectivity index (χ0n) is 19.1. The van der Waals surface area contributed by atoms with Crippen LogP contribution in [0.3, 0.4) is 0 Å². The van der Waals surface area contributed by atoms with E-state index in [2.05, 4.69) is 20.9 Å². The van der Waals surface area contributed by atoms with E-state index in [1.807, 2.05) is 54.0 Å². The van der Waals surface area contributed by atoms with Crippen LogP contribution in [-0.4, -0.2) is 41.2 Å². The molecule has 0 fully saturated rings. The molecular weight excluding hydrogens is 434 g/mol. The molecule has 1 aromatic carbocycles. The van der Waals surface area contributed by atoms with Gasteiger partial charge in [-0.3, -0.25) is 14.9 Å². The summed E-state index contributed by atoms with van der Waals surface area (Å²) >= 11 is 0. The van der Waals surface area contributed by atoms with Crippen LogP contribution in [0.1, 0.15) is 17.0 Å². The highest BCUT2D eigenvalue weighted by molar-refractivity contribution is 5.93. The number of aromatic nitrogens is 2. The van der Waals surface area contributed by atoms with Crippen molar-refractivity contribution in [3.05, 3.63) is 90.3 Å². The first kappa shape index (κ1) is 23.2. The Labute approximate surface area is 197 Å². The fraction of sp³-hybridized carbons (Fsp3) is 0.240. The Hall–Kier alpha value is -3.95. The van der Waals surface area contributed by atoms with Crippen molar-refractivity contribution in [1.82, 2.24) is 25.3 Å². The van der Waals surface area contributed by atoms with Crippen molar-refractivity contribution in [1.29, 1.82) is 0 Å². The second kappa shape index (κ2) is 10.3. The number of ether oxygens (including phenoxy) is 1. The molecule has 1 unspecified atom stereocenters. The number of aryl methyl sites for hydroxylation is 1. The molecule has 0 spiro atoms. The van der Waals surface area contributed by atoms with Gasteiger partial charge in [0.1, 0.15) is 5.76 Å². The molecule has 0 aliphatic rings. The summed E-state index contributed by atoms with van der Waals surface area (Å²) in [5, 5.41) is 8.71. The van der Waals surface area contributed by atoms with Gasteiger partial charge >= 0.3 is 0 Å². The number of benzene rings is 1. The highest BCUT2D eigenvalue weighted by Gasteiger charge is 2.41. The number of hydrogen-bond acceptors (Lipinski definition) is 7. The Morgan fingerprint density at radius 3 is 2.65 bits per heavy atom. The van der Waals surface area contributed by atoms with Gasteiger partial charge in [-0.25, -0.2) is 4.98 Å². The van der Waals surface area contributed by atoms with E-state index in [1.54, 1.807) is 37.6 Å². The fourth-order valence-electron chi connectivity index (χ4n) is 3.72. The summed E-state index contributed by atoms with van der Waals surface area (Å²) in [7, 11) is 1.65. The van der Waals surface area contributed by atoms with Crippen LogP contribution in [0.4, 0.5) is 0 Å². The topological polar surface area (TPSA) is 110 Å². The molecule has 1 amide bonds. The number of hydrogen-bond donors (Lipinski definition) is 3. The molecule has 0 saturated carbocycles. The third-order valence-corrected chi connectivity index (χ3v) is 5.37. The summed E-state index contributed by atoms with van der Waals surface area (Å²) < 4.78 is 13.4. The number of nitrogens with zero attached hydrogens (tertiary/aromatic N) is 2. The lowest BCUT2D eigenvalue weighted by atomic mass is 9.97. The van der Waals surface area contributed by atoms with E-state index in [-0.39, 0.29) is 24.8 Å². The summed E-state index contributed by atoms with van der Waals surface area (Å²) in [6.07, 6.45) is 5.31. The summed E-state index contributed by atoms with van der Waals surface area (Å²) in [6, 6.07) is 16.3. The number of rotatable bonds is 11. The number of carbonyl (C=O) groups excluding carboxylic acids is 2. The van der Waals surface area contributed by atoms with Gasteiger partial charge in [-0.05, 0) is 38.2 Å². The van der Waals surface area contributed by atoms with Gasteiger partial charge in [-0.15, -0.1) is 0 Å². The summed E-state index contributed by atoms with van der Waals surface area (Å²) in [4.78, 5) is 30.4. The molecule has 4 rings (SSSR count). The number of nitrogens with one attached hydrogen (secondary N) is 3. The number of fused-ring (bicyclic) bond motifs is 1. The molecule has 3 heterocycles. The normalized spacial score (nSPS) is 12.9. The van der Waals surface area contributed by atoms with Gasteiger partial charge < -0.3 is 24.2 Å². The third-order valence-electron chi connectivity index (χ3n) is 5.37. The zero-order chi connectivity index (χ0) is 24.0. The maximum absolute atomic E-state index is 13.5. The van der Waals surface area contributed by atoms with E-state index >= 15 is 0 Å². The van der Waals surface area contributed by atoms with Crippen molar-refractivity contribution >= 4 is 17.3 Å². The monoisotopic (exact) mass is 461 g/mol. The van der Waals surface area contributed by atoms with E-state index in [1.165, 1.54) is 0 Å². The number of imidazole rings is 1. The highest BCUT2D eigenvalue weighted by Crippen LogP contribution is 2.29. The first-order chi connectivity index (χ1) is 16.5. The van der Waals surface area contributed by atoms with Crippen molar-refractivity contribution in [3.8, 4) is 5.75 Å². The van der Waals surface area contributed by atoms with Crippen LogP contribution in [0, 0.1) is 6.92 Å². The van der Waals surface area contributed by atoms with Gasteiger partial charge in [0.15, 0.2) is 11.4 Å². The molecule has 9 nitrogen and oxygen atoms in total. The fourth-order valence-corrected chi connectivity index (χ4v) is 3.72. The minimum atomic E-state index is -1.53. The first-order valence-corrected chi connectivity index (χ1v) is 10.9. The van der Waals surface area contributed by atoms with E-state index in [9.17, 15) is 9.59 Å². The summed E-state index contributed by atoms with van der Waals surface area (Å²) in [5.74, 6) is 0.488. The van der Waals surface area contributed by atoms with Gasteiger partial charge in [0.05, 0.1) is 31.6 Å². The second-order valence-corrected chi connectivity index (χ2v) is 7.77. The Kier molecular flexibility index (Phi) is 7.05. The molecule has 0 aliphatic heterocycles. The predicted molar refractivity (Wildman–Crippen MR) is 126 cm³/mol. The van der Waals surface area contributed by atoms with Crippen LogP contribution >= 0.6 is 0 Å². The van der Waals surface area contributed by atoms with Crippen LogP contribution in [-0.2, 0) is 21.9 Å². The van der Waals surface area contributed by atoms with Crippen molar-refractivity contribution in [2.45, 2.75) is 19.2 Å². The lowest BCUT2D eigenvalue weighted by Gasteiger charge is -2.33. The van der Waals surface area contributed by atoms with E-state index < -0.39 is 5.72 Å². The molecule has 0 radical (unpaired) electrons. The van der Waals surface area contributed by atoms with Crippen molar-refractivity contribution in [2.75, 3.05) is 20.1 Å². The average molecular weight is 462 g/mol. The van der Waals surface area contributed by atoms with Gasteiger partial charge in [0.2, 0.25) is 17.4 Å². The first-order valence-electron chi connectivity index (χ1n) is 10.9. The third kappa shape index (κ3) is 5.00. The highest BCUT2D eigenvalue weighted by atomic mass is 16.5. The van der Waals surface area contributed by atoms with E-state index in [0.29, 0.717) is 23.5 Å². The second-order valence-electron chi connectivity index (χ2n) is 7.77. The van der Waals surface area contributed by atoms with Crippen molar-refractivity contribution < 1.29 is 18.7 Å². The summed E-state index contributed by atoms with van der Waals surface area (Å²) in [5.41, 5.74) is 0.497. The molecule has 0 aliphatic carbocycles. The average Bonchev–Trinajstić information content (AvgIpc) is 3.51. The zero-order valence-corrected chi connectivity index (χ0v) is 19.1. The smallest absolute Gasteiger partial charge is 0.248 e. The minimum absolute atomic E-state index is 0.0411. The number of furan rings is 1. The van der Waals surface area contributed by atoms with Crippen LogP contribution in [0.15, 0.2) is 77.7 Å². The molecule has 3 aromatic heterocycles. The summed E-state index contributed by atoms with van der Waals surface area (Å²) in [6.45, 7) is 2.11. The van der Waals surface area contributed by atoms with Gasteiger partial charge in [0.25, 0.3) is 0 Å². The molecule has 9 heteroatoms. The van der Waals surface area contributed by atoms with Crippen LogP contribution in [0.25, 0.3) is 5.65 Å². The number of likely N-dealkylation sites (N-methyl/N-ethyl adjacent to an activating group) is 1.